The molecule has 72 valence electrons. The maximum absolute atomic E-state index is 5.84. The smallest absolute Gasteiger partial charge is 0.0365 e. The molecule has 0 saturated heterocycles. The Morgan fingerprint density at radius 3 is 2.38 bits per heavy atom. The lowest BCUT2D eigenvalue weighted by Crippen LogP contribution is -2.16. The summed E-state index contributed by atoms with van der Waals surface area (Å²) < 4.78 is 0.178. The van der Waals surface area contributed by atoms with Gasteiger partial charge in [-0.3, -0.25) is 0 Å². The molecule has 0 radical (unpaired) electrons. The average Bonchev–Trinajstić information content (AvgIpc) is 2.17. The largest absolute Gasteiger partial charge is 0.150 e. The monoisotopic (exact) mass is 214 g/mol. The van der Waals surface area contributed by atoms with Crippen LogP contribution in [0.1, 0.15) is 19.4 Å². The second kappa shape index (κ2) is 4.92. The maximum Gasteiger partial charge on any atom is 0.0365 e. The van der Waals surface area contributed by atoms with Gasteiger partial charge < -0.3 is 0 Å². The fourth-order valence-electron chi connectivity index (χ4n) is 0.892. The van der Waals surface area contributed by atoms with Crippen molar-refractivity contribution in [2.24, 2.45) is 0 Å². The van der Waals surface area contributed by atoms with E-state index in [1.807, 2.05) is 17.8 Å². The Hall–Kier alpha value is -0.140. The number of thioether (sulfide) groups is 1. The van der Waals surface area contributed by atoms with E-state index >= 15 is 0 Å². The van der Waals surface area contributed by atoms with Gasteiger partial charge in [-0.2, -0.15) is 0 Å². The molecule has 0 nitrogen and oxygen atoms in total. The zero-order valence-electron chi connectivity index (χ0n) is 8.09. The molecule has 0 saturated carbocycles. The summed E-state index contributed by atoms with van der Waals surface area (Å²) in [7, 11) is 0. The van der Waals surface area contributed by atoms with Gasteiger partial charge in [0, 0.05) is 16.4 Å². The Morgan fingerprint density at radius 2 is 1.85 bits per heavy atom. The summed E-state index contributed by atoms with van der Waals surface area (Å²) >= 11 is 7.74. The third kappa shape index (κ3) is 4.06. The van der Waals surface area contributed by atoms with Crippen molar-refractivity contribution in [3.05, 3.63) is 35.9 Å². The molecule has 0 aliphatic carbocycles. The van der Waals surface area contributed by atoms with E-state index in [1.54, 1.807) is 0 Å². The Morgan fingerprint density at radius 1 is 1.23 bits per heavy atom. The third-order valence-corrected chi connectivity index (χ3v) is 4.02. The van der Waals surface area contributed by atoms with Crippen LogP contribution in [0.3, 0.4) is 0 Å². The fourth-order valence-corrected chi connectivity index (χ4v) is 1.95. The van der Waals surface area contributed by atoms with Crippen molar-refractivity contribution in [1.82, 2.24) is 0 Å². The van der Waals surface area contributed by atoms with Gasteiger partial charge in [-0.1, -0.05) is 30.3 Å². The molecule has 1 rings (SSSR count). The molecule has 0 N–H and O–H groups in total. The molecule has 0 bridgehead atoms. The molecular formula is C11H15ClS. The lowest BCUT2D eigenvalue weighted by Gasteiger charge is -2.20. The number of benzene rings is 1. The summed E-state index contributed by atoms with van der Waals surface area (Å²) in [5.41, 5.74) is 1.37. The first-order valence-electron chi connectivity index (χ1n) is 4.38. The number of halogens is 1. The van der Waals surface area contributed by atoms with Crippen molar-refractivity contribution < 1.29 is 0 Å². The Kier molecular flexibility index (Phi) is 4.14. The van der Waals surface area contributed by atoms with Gasteiger partial charge in [0.25, 0.3) is 0 Å². The summed E-state index contributed by atoms with van der Waals surface area (Å²) in [6.45, 7) is 4.35. The van der Waals surface area contributed by atoms with Crippen molar-refractivity contribution in [3.63, 3.8) is 0 Å². The average molecular weight is 215 g/mol. The van der Waals surface area contributed by atoms with Crippen molar-refractivity contribution in [2.75, 3.05) is 5.88 Å². The van der Waals surface area contributed by atoms with Crippen LogP contribution in [0.4, 0.5) is 0 Å². The molecule has 0 aliphatic heterocycles. The number of rotatable bonds is 4. The van der Waals surface area contributed by atoms with E-state index in [0.717, 1.165) is 5.75 Å². The predicted octanol–water partition coefficient (Wildman–Crippen LogP) is 3.94. The van der Waals surface area contributed by atoms with Crippen molar-refractivity contribution >= 4 is 23.4 Å². The molecule has 0 amide bonds. The van der Waals surface area contributed by atoms with E-state index in [-0.39, 0.29) is 4.75 Å². The number of alkyl halides is 1. The zero-order valence-corrected chi connectivity index (χ0v) is 9.66. The van der Waals surface area contributed by atoms with E-state index in [2.05, 4.69) is 38.1 Å². The van der Waals surface area contributed by atoms with E-state index in [9.17, 15) is 0 Å². The minimum absolute atomic E-state index is 0.178. The normalized spacial score (nSPS) is 11.6. The quantitative estimate of drug-likeness (QED) is 0.685. The standard InChI is InChI=1S/C11H15ClS/c1-11(2,9-12)13-8-10-6-4-3-5-7-10/h3-7H,8-9H2,1-2H3. The van der Waals surface area contributed by atoms with Crippen molar-refractivity contribution in [3.8, 4) is 0 Å². The molecule has 0 fully saturated rings. The molecule has 0 heterocycles. The molecule has 0 spiro atoms. The van der Waals surface area contributed by atoms with Gasteiger partial charge in [0.2, 0.25) is 0 Å². The van der Waals surface area contributed by atoms with Crippen LogP contribution in [-0.2, 0) is 5.75 Å². The van der Waals surface area contributed by atoms with Crippen molar-refractivity contribution in [2.45, 2.75) is 24.3 Å². The summed E-state index contributed by atoms with van der Waals surface area (Å²) in [6, 6.07) is 10.5. The van der Waals surface area contributed by atoms with Crippen LogP contribution in [-0.4, -0.2) is 10.6 Å². The van der Waals surface area contributed by atoms with E-state index in [0.29, 0.717) is 5.88 Å². The van der Waals surface area contributed by atoms with Crippen LogP contribution in [0.2, 0.25) is 0 Å². The van der Waals surface area contributed by atoms with Crippen LogP contribution in [0, 0.1) is 0 Å². The first-order valence-corrected chi connectivity index (χ1v) is 5.90. The number of hydrogen-bond acceptors (Lipinski definition) is 1. The third-order valence-electron chi connectivity index (χ3n) is 1.79. The minimum Gasteiger partial charge on any atom is -0.150 e. The molecule has 1 aromatic carbocycles. The SMILES string of the molecule is CC(C)(CCl)SCc1ccccc1. The van der Waals surface area contributed by atoms with Gasteiger partial charge in [0.15, 0.2) is 0 Å². The molecule has 0 aromatic heterocycles. The molecule has 0 unspecified atom stereocenters. The second-order valence-corrected chi connectivity index (χ2v) is 5.62. The summed E-state index contributed by atoms with van der Waals surface area (Å²) in [4.78, 5) is 0. The summed E-state index contributed by atoms with van der Waals surface area (Å²) in [5, 5.41) is 0. The number of hydrogen-bond donors (Lipinski definition) is 0. The molecular weight excluding hydrogens is 200 g/mol. The zero-order chi connectivity index (χ0) is 9.73. The van der Waals surface area contributed by atoms with E-state index in [4.69, 9.17) is 11.6 Å². The second-order valence-electron chi connectivity index (χ2n) is 3.67. The highest BCUT2D eigenvalue weighted by Crippen LogP contribution is 2.28. The fraction of sp³-hybridized carbons (Fsp3) is 0.455. The van der Waals surface area contributed by atoms with Crippen LogP contribution < -0.4 is 0 Å². The molecule has 13 heavy (non-hydrogen) atoms. The molecule has 0 atom stereocenters. The Labute approximate surface area is 89.7 Å². The highest BCUT2D eigenvalue weighted by atomic mass is 35.5. The lowest BCUT2D eigenvalue weighted by atomic mass is 10.2. The molecule has 2 heteroatoms. The Bertz CT molecular complexity index is 244. The van der Waals surface area contributed by atoms with Crippen molar-refractivity contribution in [1.29, 1.82) is 0 Å². The van der Waals surface area contributed by atoms with Crippen LogP contribution in [0.25, 0.3) is 0 Å². The summed E-state index contributed by atoms with van der Waals surface area (Å²) in [5.74, 6) is 1.74. The molecule has 0 aliphatic rings. The molecule has 1 aromatic rings. The van der Waals surface area contributed by atoms with E-state index in [1.165, 1.54) is 5.56 Å². The highest BCUT2D eigenvalue weighted by Gasteiger charge is 2.16. The van der Waals surface area contributed by atoms with Gasteiger partial charge in [-0.15, -0.1) is 23.4 Å². The van der Waals surface area contributed by atoms with Gasteiger partial charge in [-0.05, 0) is 19.4 Å². The van der Waals surface area contributed by atoms with Gasteiger partial charge >= 0.3 is 0 Å². The highest BCUT2D eigenvalue weighted by molar-refractivity contribution is 7.99. The van der Waals surface area contributed by atoms with E-state index < -0.39 is 0 Å². The maximum atomic E-state index is 5.84. The first-order chi connectivity index (χ1) is 6.14. The minimum atomic E-state index is 0.178. The van der Waals surface area contributed by atoms with Crippen LogP contribution >= 0.6 is 23.4 Å². The van der Waals surface area contributed by atoms with Gasteiger partial charge in [0.05, 0.1) is 0 Å². The topological polar surface area (TPSA) is 0 Å². The van der Waals surface area contributed by atoms with Crippen LogP contribution in [0.15, 0.2) is 30.3 Å². The van der Waals surface area contributed by atoms with Crippen LogP contribution in [0.5, 0.6) is 0 Å². The predicted molar refractivity (Wildman–Crippen MR) is 62.5 cm³/mol. The van der Waals surface area contributed by atoms with Gasteiger partial charge in [-0.25, -0.2) is 0 Å². The van der Waals surface area contributed by atoms with Gasteiger partial charge in [0.1, 0.15) is 0 Å². The summed E-state index contributed by atoms with van der Waals surface area (Å²) in [6.07, 6.45) is 0. The Balaban J connectivity index is 2.44. The first kappa shape index (κ1) is 10.9. The lowest BCUT2D eigenvalue weighted by molar-refractivity contribution is 0.810.